The van der Waals surface area contributed by atoms with Crippen LogP contribution >= 0.6 is 43.2 Å². The molecule has 1 saturated heterocycles. The van der Waals surface area contributed by atoms with Gasteiger partial charge in [0.1, 0.15) is 0 Å². The molecule has 2 atom stereocenters. The predicted octanol–water partition coefficient (Wildman–Crippen LogP) is 2.80. The third kappa shape index (κ3) is 3.14. The van der Waals surface area contributed by atoms with Gasteiger partial charge in [0, 0.05) is 21.9 Å². The van der Waals surface area contributed by atoms with Crippen LogP contribution in [0.4, 0.5) is 0 Å². The van der Waals surface area contributed by atoms with E-state index in [2.05, 4.69) is 42.8 Å². The van der Waals surface area contributed by atoms with E-state index in [-0.39, 0.29) is 6.04 Å². The quantitative estimate of drug-likeness (QED) is 0.847. The second kappa shape index (κ2) is 6.00. The van der Waals surface area contributed by atoms with E-state index < -0.39 is 11.9 Å². The largest absolute Gasteiger partial charge is 0.481 e. The predicted molar refractivity (Wildman–Crippen MR) is 76.9 cm³/mol. The number of hydrogen-bond donors (Lipinski definition) is 1. The highest BCUT2D eigenvalue weighted by molar-refractivity contribution is 9.13. The van der Waals surface area contributed by atoms with Gasteiger partial charge in [0.15, 0.2) is 0 Å². The first-order valence-corrected chi connectivity index (χ1v) is 7.83. The Balaban J connectivity index is 2.03. The first-order chi connectivity index (χ1) is 8.49. The van der Waals surface area contributed by atoms with E-state index in [0.717, 1.165) is 14.8 Å². The number of carbonyl (C=O) groups is 1. The third-order valence-electron chi connectivity index (χ3n) is 3.04. The molecule has 1 N–H and O–H groups in total. The smallest absolute Gasteiger partial charge is 0.310 e. The maximum atomic E-state index is 11.1. The summed E-state index contributed by atoms with van der Waals surface area (Å²) in [7, 11) is 1.94. The number of likely N-dealkylation sites (N-methyl/N-ethyl adjacent to an activating group) is 1. The van der Waals surface area contributed by atoms with Crippen molar-refractivity contribution in [2.75, 3.05) is 20.3 Å². The molecule has 1 aromatic heterocycles. The number of carboxylic acids is 1. The van der Waals surface area contributed by atoms with E-state index in [1.807, 2.05) is 7.05 Å². The number of ether oxygens (including phenoxy) is 1. The van der Waals surface area contributed by atoms with Crippen molar-refractivity contribution < 1.29 is 14.6 Å². The second-order valence-electron chi connectivity index (χ2n) is 4.30. The van der Waals surface area contributed by atoms with Crippen molar-refractivity contribution in [1.82, 2.24) is 4.90 Å². The third-order valence-corrected chi connectivity index (χ3v) is 6.28. The molecule has 2 heterocycles. The van der Waals surface area contributed by atoms with Crippen LogP contribution in [0, 0.1) is 5.92 Å². The molecular weight excluding hydrogens is 386 g/mol. The summed E-state index contributed by atoms with van der Waals surface area (Å²) in [5.41, 5.74) is 0. The van der Waals surface area contributed by atoms with Gasteiger partial charge in [0.05, 0.1) is 22.9 Å². The Morgan fingerprint density at radius 3 is 2.89 bits per heavy atom. The molecule has 1 aliphatic heterocycles. The molecule has 0 bridgehead atoms. The van der Waals surface area contributed by atoms with E-state index in [1.165, 1.54) is 4.88 Å². The average Bonchev–Trinajstić information content (AvgIpc) is 2.86. The molecule has 2 unspecified atom stereocenters. The van der Waals surface area contributed by atoms with Crippen LogP contribution in [-0.4, -0.2) is 42.3 Å². The summed E-state index contributed by atoms with van der Waals surface area (Å²) in [6, 6.07) is 2.00. The van der Waals surface area contributed by atoms with Gasteiger partial charge in [0.2, 0.25) is 0 Å². The van der Waals surface area contributed by atoms with E-state index >= 15 is 0 Å². The van der Waals surface area contributed by atoms with Gasteiger partial charge in [-0.25, -0.2) is 0 Å². The summed E-state index contributed by atoms with van der Waals surface area (Å²) in [6.45, 7) is 1.52. The Morgan fingerprint density at radius 2 is 2.33 bits per heavy atom. The molecule has 1 fully saturated rings. The highest BCUT2D eigenvalue weighted by Crippen LogP contribution is 2.33. The van der Waals surface area contributed by atoms with Crippen molar-refractivity contribution in [2.24, 2.45) is 5.92 Å². The molecule has 18 heavy (non-hydrogen) atoms. The minimum atomic E-state index is -0.780. The monoisotopic (exact) mass is 397 g/mol. The zero-order chi connectivity index (χ0) is 13.3. The molecule has 2 rings (SSSR count). The fourth-order valence-electron chi connectivity index (χ4n) is 2.05. The number of aliphatic carboxylic acids is 1. The van der Waals surface area contributed by atoms with Gasteiger partial charge in [-0.1, -0.05) is 0 Å². The summed E-state index contributed by atoms with van der Waals surface area (Å²) in [5, 5.41) is 9.13. The van der Waals surface area contributed by atoms with Crippen LogP contribution in [0.1, 0.15) is 4.88 Å². The van der Waals surface area contributed by atoms with Crippen LogP contribution in [-0.2, 0) is 16.1 Å². The summed E-state index contributed by atoms with van der Waals surface area (Å²) in [6.07, 6.45) is 0. The van der Waals surface area contributed by atoms with Gasteiger partial charge >= 0.3 is 5.97 Å². The van der Waals surface area contributed by atoms with Gasteiger partial charge in [-0.3, -0.25) is 9.69 Å². The number of thiophene rings is 1. The first-order valence-electron chi connectivity index (χ1n) is 5.43. The fraction of sp³-hybridized carbons (Fsp3) is 0.545. The molecule has 0 radical (unpaired) electrons. The van der Waals surface area contributed by atoms with Gasteiger partial charge < -0.3 is 9.84 Å². The van der Waals surface area contributed by atoms with Crippen molar-refractivity contribution in [3.63, 3.8) is 0 Å². The van der Waals surface area contributed by atoms with Gasteiger partial charge in [-0.15, -0.1) is 11.3 Å². The molecule has 1 aliphatic rings. The lowest BCUT2D eigenvalue weighted by Gasteiger charge is -2.25. The lowest BCUT2D eigenvalue weighted by Crippen LogP contribution is -2.40. The number of carboxylic acid groups (broad SMARTS) is 1. The SMILES string of the molecule is CN(Cc1cc(Br)c(Br)s1)C1COCC1C(=O)O. The lowest BCUT2D eigenvalue weighted by molar-refractivity contribution is -0.143. The molecule has 0 saturated carbocycles. The van der Waals surface area contributed by atoms with Crippen LogP contribution in [0.25, 0.3) is 0 Å². The molecule has 0 amide bonds. The van der Waals surface area contributed by atoms with Crippen LogP contribution in [0.2, 0.25) is 0 Å². The molecule has 100 valence electrons. The van der Waals surface area contributed by atoms with Crippen LogP contribution < -0.4 is 0 Å². The number of hydrogen-bond acceptors (Lipinski definition) is 4. The van der Waals surface area contributed by atoms with E-state index in [9.17, 15) is 4.79 Å². The Morgan fingerprint density at radius 1 is 1.61 bits per heavy atom. The van der Waals surface area contributed by atoms with Crippen molar-refractivity contribution in [2.45, 2.75) is 12.6 Å². The topological polar surface area (TPSA) is 49.8 Å². The van der Waals surface area contributed by atoms with Crippen LogP contribution in [0.5, 0.6) is 0 Å². The van der Waals surface area contributed by atoms with E-state index in [4.69, 9.17) is 9.84 Å². The first kappa shape index (κ1) is 14.5. The molecule has 0 aliphatic carbocycles. The van der Waals surface area contributed by atoms with Gasteiger partial charge in [-0.2, -0.15) is 0 Å². The summed E-state index contributed by atoms with van der Waals surface area (Å²) < 4.78 is 7.38. The number of nitrogens with zero attached hydrogens (tertiary/aromatic N) is 1. The highest BCUT2D eigenvalue weighted by atomic mass is 79.9. The van der Waals surface area contributed by atoms with Gasteiger partial charge in [0.25, 0.3) is 0 Å². The minimum absolute atomic E-state index is 0.0536. The summed E-state index contributed by atoms with van der Waals surface area (Å²) in [4.78, 5) is 14.3. The zero-order valence-electron chi connectivity index (χ0n) is 9.73. The van der Waals surface area contributed by atoms with E-state index in [1.54, 1.807) is 11.3 Å². The van der Waals surface area contributed by atoms with Crippen LogP contribution in [0.15, 0.2) is 14.3 Å². The fourth-order valence-corrected chi connectivity index (χ4v) is 4.29. The minimum Gasteiger partial charge on any atom is -0.481 e. The molecule has 0 spiro atoms. The summed E-state index contributed by atoms with van der Waals surface area (Å²) in [5.74, 6) is -1.21. The molecular formula is C11H13Br2NO3S. The molecule has 1 aromatic rings. The van der Waals surface area contributed by atoms with Crippen LogP contribution in [0.3, 0.4) is 0 Å². The normalized spacial score (nSPS) is 23.8. The molecule has 7 heteroatoms. The molecule has 0 aromatic carbocycles. The Kier molecular flexibility index (Phi) is 4.82. The Bertz CT molecular complexity index is 432. The highest BCUT2D eigenvalue weighted by Gasteiger charge is 2.36. The Labute approximate surface area is 126 Å². The van der Waals surface area contributed by atoms with Crippen molar-refractivity contribution in [3.05, 3.63) is 19.2 Å². The van der Waals surface area contributed by atoms with Gasteiger partial charge in [-0.05, 0) is 45.0 Å². The van der Waals surface area contributed by atoms with Crippen molar-refractivity contribution in [3.8, 4) is 0 Å². The summed E-state index contributed by atoms with van der Waals surface area (Å²) >= 11 is 8.56. The lowest BCUT2D eigenvalue weighted by atomic mass is 10.0. The number of rotatable bonds is 4. The van der Waals surface area contributed by atoms with E-state index in [0.29, 0.717) is 13.2 Å². The van der Waals surface area contributed by atoms with Crippen molar-refractivity contribution in [1.29, 1.82) is 0 Å². The maximum absolute atomic E-state index is 11.1. The molecule has 4 nitrogen and oxygen atoms in total. The Hall–Kier alpha value is 0.0500. The maximum Gasteiger partial charge on any atom is 0.310 e. The standard InChI is InChI=1S/C11H13Br2NO3S/c1-14(3-6-2-8(12)10(13)18-6)9-5-17-4-7(9)11(15)16/h2,7,9H,3-5H2,1H3,(H,15,16). The van der Waals surface area contributed by atoms with Crippen molar-refractivity contribution >= 4 is 49.2 Å². The number of halogens is 2. The second-order valence-corrected chi connectivity index (χ2v) is 7.61. The average molecular weight is 399 g/mol. The zero-order valence-corrected chi connectivity index (χ0v) is 13.7.